The average molecular weight is 233 g/mol. The first-order valence-corrected chi connectivity index (χ1v) is 5.01. The van der Waals surface area contributed by atoms with Crippen LogP contribution in [0.25, 0.3) is 0 Å². The summed E-state index contributed by atoms with van der Waals surface area (Å²) >= 11 is 0. The Hall–Kier alpha value is -2.10. The highest BCUT2D eigenvalue weighted by molar-refractivity contribution is 6.08. The van der Waals surface area contributed by atoms with Gasteiger partial charge in [-0.2, -0.15) is 0 Å². The molecule has 0 amide bonds. The predicted octanol–water partition coefficient (Wildman–Crippen LogP) is 2.90. The molecule has 2 nitrogen and oxygen atoms in total. The summed E-state index contributed by atoms with van der Waals surface area (Å²) in [6.45, 7) is 1.66. The number of carbonyl (C=O) groups excluding carboxylic acids is 1. The minimum Gasteiger partial charge on any atom is -0.287 e. The second-order valence-corrected chi connectivity index (χ2v) is 3.62. The molecule has 0 unspecified atom stereocenters. The van der Waals surface area contributed by atoms with Crippen LogP contribution >= 0.6 is 0 Å². The SMILES string of the molecule is Cc1ccc(F)cc1C(=O)c1ncccc1F. The van der Waals surface area contributed by atoms with Crippen molar-refractivity contribution in [3.63, 3.8) is 0 Å². The lowest BCUT2D eigenvalue weighted by molar-refractivity contribution is 0.102. The summed E-state index contributed by atoms with van der Waals surface area (Å²) in [6, 6.07) is 6.36. The van der Waals surface area contributed by atoms with Crippen LogP contribution in [0.3, 0.4) is 0 Å². The van der Waals surface area contributed by atoms with Crippen molar-refractivity contribution in [2.75, 3.05) is 0 Å². The molecule has 17 heavy (non-hydrogen) atoms. The summed E-state index contributed by atoms with van der Waals surface area (Å²) in [5.41, 5.74) is 0.422. The Morgan fingerprint density at radius 1 is 1.24 bits per heavy atom. The third kappa shape index (κ3) is 2.20. The molecule has 1 aromatic heterocycles. The van der Waals surface area contributed by atoms with Crippen LogP contribution in [-0.2, 0) is 0 Å². The fraction of sp³-hybridized carbons (Fsp3) is 0.0769. The van der Waals surface area contributed by atoms with Crippen molar-refractivity contribution in [3.05, 3.63) is 65.0 Å². The zero-order valence-electron chi connectivity index (χ0n) is 9.08. The van der Waals surface area contributed by atoms with E-state index in [1.807, 2.05) is 0 Å². The van der Waals surface area contributed by atoms with Crippen LogP contribution in [-0.4, -0.2) is 10.8 Å². The molecule has 2 rings (SSSR count). The number of rotatable bonds is 2. The van der Waals surface area contributed by atoms with Crippen LogP contribution in [0.1, 0.15) is 21.6 Å². The number of hydrogen-bond acceptors (Lipinski definition) is 2. The minimum atomic E-state index is -0.707. The van der Waals surface area contributed by atoms with E-state index >= 15 is 0 Å². The molecule has 1 heterocycles. The molecule has 0 spiro atoms. The summed E-state index contributed by atoms with van der Waals surface area (Å²) < 4.78 is 26.4. The Morgan fingerprint density at radius 2 is 2.00 bits per heavy atom. The summed E-state index contributed by atoms with van der Waals surface area (Å²) in [5.74, 6) is -1.85. The molecule has 0 radical (unpaired) electrons. The van der Waals surface area contributed by atoms with E-state index in [-0.39, 0.29) is 11.3 Å². The van der Waals surface area contributed by atoms with Crippen molar-refractivity contribution >= 4 is 5.78 Å². The van der Waals surface area contributed by atoms with Crippen molar-refractivity contribution in [3.8, 4) is 0 Å². The maximum atomic E-state index is 13.4. The van der Waals surface area contributed by atoms with Gasteiger partial charge in [-0.1, -0.05) is 6.07 Å². The van der Waals surface area contributed by atoms with Crippen LogP contribution in [0.5, 0.6) is 0 Å². The third-order valence-corrected chi connectivity index (χ3v) is 2.42. The van der Waals surface area contributed by atoms with Gasteiger partial charge in [0.1, 0.15) is 11.5 Å². The smallest absolute Gasteiger partial charge is 0.214 e. The highest BCUT2D eigenvalue weighted by Crippen LogP contribution is 2.16. The Kier molecular flexibility index (Phi) is 2.95. The average Bonchev–Trinajstić information content (AvgIpc) is 2.32. The lowest BCUT2D eigenvalue weighted by Crippen LogP contribution is -2.08. The highest BCUT2D eigenvalue weighted by Gasteiger charge is 2.17. The van der Waals surface area contributed by atoms with E-state index in [0.717, 1.165) is 12.1 Å². The first-order valence-electron chi connectivity index (χ1n) is 5.01. The highest BCUT2D eigenvalue weighted by atomic mass is 19.1. The van der Waals surface area contributed by atoms with Gasteiger partial charge in [-0.3, -0.25) is 4.79 Å². The standard InChI is InChI=1S/C13H9F2NO/c1-8-4-5-9(14)7-10(8)13(17)12-11(15)3-2-6-16-12/h2-7H,1H3. The number of hydrogen-bond donors (Lipinski definition) is 0. The first-order chi connectivity index (χ1) is 8.09. The van der Waals surface area contributed by atoms with Gasteiger partial charge in [-0.15, -0.1) is 0 Å². The molecule has 0 aliphatic rings. The molecular formula is C13H9F2NO. The van der Waals surface area contributed by atoms with Crippen LogP contribution in [0.4, 0.5) is 8.78 Å². The number of benzene rings is 1. The van der Waals surface area contributed by atoms with Gasteiger partial charge in [-0.25, -0.2) is 13.8 Å². The number of ketones is 1. The Morgan fingerprint density at radius 3 is 2.71 bits per heavy atom. The van der Waals surface area contributed by atoms with Crippen LogP contribution in [0, 0.1) is 18.6 Å². The molecule has 0 aliphatic heterocycles. The van der Waals surface area contributed by atoms with Gasteiger partial charge in [0.05, 0.1) is 0 Å². The van der Waals surface area contributed by atoms with E-state index in [1.165, 1.54) is 24.4 Å². The van der Waals surface area contributed by atoms with Gasteiger partial charge in [-0.05, 0) is 36.8 Å². The molecule has 0 atom stereocenters. The molecule has 86 valence electrons. The summed E-state index contributed by atoms with van der Waals surface area (Å²) in [7, 11) is 0. The Balaban J connectivity index is 2.51. The van der Waals surface area contributed by atoms with Gasteiger partial charge in [0.25, 0.3) is 0 Å². The quantitative estimate of drug-likeness (QED) is 0.746. The Bertz CT molecular complexity index is 581. The number of pyridine rings is 1. The molecule has 0 fully saturated rings. The fourth-order valence-electron chi connectivity index (χ4n) is 1.52. The fourth-order valence-corrected chi connectivity index (χ4v) is 1.52. The van der Waals surface area contributed by atoms with Crippen molar-refractivity contribution in [2.24, 2.45) is 0 Å². The maximum Gasteiger partial charge on any atom is 0.214 e. The number of halogens is 2. The minimum absolute atomic E-state index is 0.127. The number of aryl methyl sites for hydroxylation is 1. The van der Waals surface area contributed by atoms with E-state index in [4.69, 9.17) is 0 Å². The summed E-state index contributed by atoms with van der Waals surface area (Å²) in [4.78, 5) is 15.6. The number of aromatic nitrogens is 1. The maximum absolute atomic E-state index is 13.4. The molecule has 0 aliphatic carbocycles. The predicted molar refractivity (Wildman–Crippen MR) is 58.8 cm³/mol. The molecule has 1 aromatic carbocycles. The van der Waals surface area contributed by atoms with Crippen LogP contribution in [0.2, 0.25) is 0 Å². The zero-order chi connectivity index (χ0) is 12.4. The monoisotopic (exact) mass is 233 g/mol. The topological polar surface area (TPSA) is 30.0 Å². The van der Waals surface area contributed by atoms with Gasteiger partial charge < -0.3 is 0 Å². The molecule has 2 aromatic rings. The van der Waals surface area contributed by atoms with E-state index in [2.05, 4.69) is 4.98 Å². The number of nitrogens with zero attached hydrogens (tertiary/aromatic N) is 1. The van der Waals surface area contributed by atoms with E-state index in [1.54, 1.807) is 6.92 Å². The van der Waals surface area contributed by atoms with Crippen molar-refractivity contribution in [1.82, 2.24) is 4.98 Å². The van der Waals surface area contributed by atoms with Gasteiger partial charge in [0.2, 0.25) is 5.78 Å². The molecule has 0 bridgehead atoms. The van der Waals surface area contributed by atoms with Gasteiger partial charge >= 0.3 is 0 Å². The van der Waals surface area contributed by atoms with Crippen molar-refractivity contribution < 1.29 is 13.6 Å². The second kappa shape index (κ2) is 4.41. The van der Waals surface area contributed by atoms with Crippen molar-refractivity contribution in [2.45, 2.75) is 6.92 Å². The van der Waals surface area contributed by atoms with E-state index < -0.39 is 17.4 Å². The van der Waals surface area contributed by atoms with E-state index in [9.17, 15) is 13.6 Å². The molecule has 0 saturated heterocycles. The molecule has 4 heteroatoms. The molecule has 0 saturated carbocycles. The van der Waals surface area contributed by atoms with Gasteiger partial charge in [0.15, 0.2) is 5.82 Å². The lowest BCUT2D eigenvalue weighted by Gasteiger charge is -2.05. The molecule has 0 N–H and O–H groups in total. The Labute approximate surface area is 96.9 Å². The van der Waals surface area contributed by atoms with Crippen LogP contribution in [0.15, 0.2) is 36.5 Å². The number of carbonyl (C=O) groups is 1. The molecular weight excluding hydrogens is 224 g/mol. The van der Waals surface area contributed by atoms with E-state index in [0.29, 0.717) is 5.56 Å². The van der Waals surface area contributed by atoms with Crippen molar-refractivity contribution in [1.29, 1.82) is 0 Å². The normalized spacial score (nSPS) is 10.3. The van der Waals surface area contributed by atoms with Crippen LogP contribution < -0.4 is 0 Å². The summed E-state index contributed by atoms with van der Waals surface area (Å²) in [5, 5.41) is 0. The van der Waals surface area contributed by atoms with Gasteiger partial charge in [0, 0.05) is 11.8 Å². The first kappa shape index (κ1) is 11.4. The second-order valence-electron chi connectivity index (χ2n) is 3.62. The largest absolute Gasteiger partial charge is 0.287 e. The summed E-state index contributed by atoms with van der Waals surface area (Å²) in [6.07, 6.45) is 1.32. The third-order valence-electron chi connectivity index (χ3n) is 2.42. The zero-order valence-corrected chi connectivity index (χ0v) is 9.08. The lowest BCUT2D eigenvalue weighted by atomic mass is 10.0.